The second kappa shape index (κ2) is 6.23. The minimum atomic E-state index is -0.991. The third-order valence-corrected chi connectivity index (χ3v) is 6.80. The molecule has 8 nitrogen and oxygen atoms in total. The average molecular weight is 416 g/mol. The minimum absolute atomic E-state index is 0.101. The van der Waals surface area contributed by atoms with Crippen LogP contribution in [0.15, 0.2) is 11.3 Å². The summed E-state index contributed by atoms with van der Waals surface area (Å²) in [6.07, 6.45) is 1.66. The summed E-state index contributed by atoms with van der Waals surface area (Å²) >= 11 is 0. The maximum Gasteiger partial charge on any atom is 0.321 e. The molecule has 1 aromatic rings. The van der Waals surface area contributed by atoms with Crippen LogP contribution in [0.3, 0.4) is 0 Å². The highest BCUT2D eigenvalue weighted by Gasteiger charge is 2.62. The van der Waals surface area contributed by atoms with Gasteiger partial charge >= 0.3 is 11.9 Å². The predicted octanol–water partition coefficient (Wildman–Crippen LogP) is 2.93. The first-order valence-electron chi connectivity index (χ1n) is 9.92. The molecule has 1 fully saturated rings. The van der Waals surface area contributed by atoms with Gasteiger partial charge in [-0.05, 0) is 19.8 Å². The van der Waals surface area contributed by atoms with Gasteiger partial charge in [-0.2, -0.15) is 0 Å². The summed E-state index contributed by atoms with van der Waals surface area (Å²) in [6.45, 7) is 6.15. The Labute approximate surface area is 173 Å². The molecule has 3 atom stereocenters. The van der Waals surface area contributed by atoms with Gasteiger partial charge in [-0.3, -0.25) is 14.4 Å². The summed E-state index contributed by atoms with van der Waals surface area (Å²) in [5.74, 6) is -4.16. The van der Waals surface area contributed by atoms with Crippen LogP contribution in [0.1, 0.15) is 74.4 Å². The van der Waals surface area contributed by atoms with E-state index in [-0.39, 0.29) is 29.1 Å². The van der Waals surface area contributed by atoms with Crippen molar-refractivity contribution < 1.29 is 39.2 Å². The highest BCUT2D eigenvalue weighted by atomic mass is 16.5. The molecular formula is C22H24O8. The molecule has 0 saturated heterocycles. The molecule has 0 aromatic heterocycles. The van der Waals surface area contributed by atoms with Crippen molar-refractivity contribution in [3.05, 3.63) is 28.0 Å². The number of ketones is 1. The summed E-state index contributed by atoms with van der Waals surface area (Å²) in [6, 6.07) is 0. The lowest BCUT2D eigenvalue weighted by Gasteiger charge is -2.45. The zero-order valence-electron chi connectivity index (χ0n) is 17.3. The summed E-state index contributed by atoms with van der Waals surface area (Å²) in [5.41, 5.74) is -1.64. The lowest BCUT2D eigenvalue weighted by atomic mass is 9.54. The molecule has 0 amide bonds. The van der Waals surface area contributed by atoms with Crippen molar-refractivity contribution in [2.75, 3.05) is 6.61 Å². The van der Waals surface area contributed by atoms with E-state index in [1.165, 1.54) is 6.92 Å². The molecule has 3 N–H and O–H groups in total. The number of ether oxygens (including phenoxy) is 2. The number of aromatic hydroxyl groups is 3. The number of fused-ring (bicyclic) bond motifs is 2. The second-order valence-corrected chi connectivity index (χ2v) is 8.85. The van der Waals surface area contributed by atoms with Gasteiger partial charge in [0.2, 0.25) is 5.78 Å². The van der Waals surface area contributed by atoms with Crippen molar-refractivity contribution in [1.29, 1.82) is 0 Å². The molecule has 0 bridgehead atoms. The SMILES string of the molecule is CC(=O)OCC(C)c1c(O)c(O)c2c(c1O)C(=O)C1=C3C(C)(CCCC32C)C(=O)O1. The number of carbonyl (C=O) groups is 3. The van der Waals surface area contributed by atoms with Crippen molar-refractivity contribution in [1.82, 2.24) is 0 Å². The van der Waals surface area contributed by atoms with Crippen LogP contribution < -0.4 is 0 Å². The first-order chi connectivity index (χ1) is 13.9. The Morgan fingerprint density at radius 3 is 2.37 bits per heavy atom. The summed E-state index contributed by atoms with van der Waals surface area (Å²) < 4.78 is 10.3. The van der Waals surface area contributed by atoms with Gasteiger partial charge in [0, 0.05) is 35.0 Å². The predicted molar refractivity (Wildman–Crippen MR) is 103 cm³/mol. The molecule has 1 aromatic carbocycles. The Bertz CT molecular complexity index is 1050. The van der Waals surface area contributed by atoms with Crippen LogP contribution in [0.25, 0.3) is 0 Å². The summed E-state index contributed by atoms with van der Waals surface area (Å²) in [7, 11) is 0. The van der Waals surface area contributed by atoms with Crippen LogP contribution in [0.2, 0.25) is 0 Å². The molecular weight excluding hydrogens is 392 g/mol. The Balaban J connectivity index is 1.97. The van der Waals surface area contributed by atoms with E-state index < -0.39 is 51.7 Å². The fraction of sp³-hybridized carbons (Fsp3) is 0.500. The van der Waals surface area contributed by atoms with Crippen molar-refractivity contribution in [2.45, 2.75) is 58.3 Å². The van der Waals surface area contributed by atoms with Crippen LogP contribution in [0, 0.1) is 5.41 Å². The fourth-order valence-electron chi connectivity index (χ4n) is 5.42. The van der Waals surface area contributed by atoms with Crippen molar-refractivity contribution in [3.63, 3.8) is 0 Å². The summed E-state index contributed by atoms with van der Waals surface area (Å²) in [4.78, 5) is 37.1. The Morgan fingerprint density at radius 2 is 1.73 bits per heavy atom. The molecule has 3 aliphatic rings. The van der Waals surface area contributed by atoms with Crippen molar-refractivity contribution >= 4 is 17.7 Å². The molecule has 1 saturated carbocycles. The Kier molecular flexibility index (Phi) is 4.21. The molecule has 160 valence electrons. The standard InChI is InChI=1S/C22H24O8/c1-9(8-29-10(2)23)11-14(24)12-13(17(27)15(11)25)21(3)6-5-7-22(4)19(21)18(16(12)26)30-20(22)28/h9,24-25,27H,5-8H2,1-4H3. The molecule has 2 aliphatic carbocycles. The molecule has 30 heavy (non-hydrogen) atoms. The van der Waals surface area contributed by atoms with E-state index in [0.29, 0.717) is 24.8 Å². The van der Waals surface area contributed by atoms with Crippen LogP contribution >= 0.6 is 0 Å². The number of benzene rings is 1. The van der Waals surface area contributed by atoms with E-state index in [1.807, 2.05) is 0 Å². The maximum absolute atomic E-state index is 13.3. The van der Waals surface area contributed by atoms with Crippen LogP contribution in [-0.2, 0) is 24.5 Å². The molecule has 1 aliphatic heterocycles. The number of phenolic OH excluding ortho intramolecular Hbond substituents is 3. The number of carbonyl (C=O) groups excluding carboxylic acids is 3. The van der Waals surface area contributed by atoms with E-state index in [9.17, 15) is 29.7 Å². The third kappa shape index (κ3) is 2.36. The topological polar surface area (TPSA) is 130 Å². The monoisotopic (exact) mass is 416 g/mol. The smallest absolute Gasteiger partial charge is 0.321 e. The molecule has 0 spiro atoms. The number of rotatable bonds is 3. The zero-order valence-corrected chi connectivity index (χ0v) is 17.3. The Hall–Kier alpha value is -3.03. The van der Waals surface area contributed by atoms with Gasteiger partial charge in [-0.25, -0.2) is 0 Å². The second-order valence-electron chi connectivity index (χ2n) is 8.85. The largest absolute Gasteiger partial charge is 0.507 e. The van der Waals surface area contributed by atoms with E-state index in [4.69, 9.17) is 9.47 Å². The zero-order chi connectivity index (χ0) is 22.2. The van der Waals surface area contributed by atoms with Gasteiger partial charge in [0.25, 0.3) is 0 Å². The molecule has 8 heteroatoms. The normalized spacial score (nSPS) is 28.0. The molecule has 3 unspecified atom stereocenters. The molecule has 4 rings (SSSR count). The number of esters is 2. The van der Waals surface area contributed by atoms with Gasteiger partial charge in [0.05, 0.1) is 17.6 Å². The summed E-state index contributed by atoms with van der Waals surface area (Å²) in [5, 5.41) is 32.7. The minimum Gasteiger partial charge on any atom is -0.507 e. The van der Waals surface area contributed by atoms with E-state index in [1.54, 1.807) is 20.8 Å². The van der Waals surface area contributed by atoms with Crippen LogP contribution in [-0.4, -0.2) is 39.6 Å². The van der Waals surface area contributed by atoms with Gasteiger partial charge in [0.1, 0.15) is 5.75 Å². The molecule has 0 radical (unpaired) electrons. The Morgan fingerprint density at radius 1 is 1.10 bits per heavy atom. The molecule has 1 heterocycles. The number of Topliss-reactive ketones (excluding diaryl/α,β-unsaturated/α-hetero) is 1. The lowest BCUT2D eigenvalue weighted by molar-refractivity contribution is -0.145. The van der Waals surface area contributed by atoms with Crippen molar-refractivity contribution in [2.24, 2.45) is 5.41 Å². The average Bonchev–Trinajstić information content (AvgIpc) is 2.94. The number of allylic oxidation sites excluding steroid dienone is 1. The number of phenols is 3. The van der Waals surface area contributed by atoms with Crippen LogP contribution in [0.4, 0.5) is 0 Å². The third-order valence-electron chi connectivity index (χ3n) is 6.80. The van der Waals surface area contributed by atoms with Gasteiger partial charge < -0.3 is 24.8 Å². The van der Waals surface area contributed by atoms with E-state index in [0.717, 1.165) is 0 Å². The number of hydrogen-bond donors (Lipinski definition) is 3. The van der Waals surface area contributed by atoms with E-state index >= 15 is 0 Å². The highest BCUT2D eigenvalue weighted by molar-refractivity contribution is 6.17. The van der Waals surface area contributed by atoms with E-state index in [2.05, 4.69) is 0 Å². The van der Waals surface area contributed by atoms with Gasteiger partial charge in [0.15, 0.2) is 17.3 Å². The maximum atomic E-state index is 13.3. The first-order valence-corrected chi connectivity index (χ1v) is 9.92. The van der Waals surface area contributed by atoms with Crippen molar-refractivity contribution in [3.8, 4) is 17.2 Å². The lowest BCUT2D eigenvalue weighted by Crippen LogP contribution is -2.43. The highest BCUT2D eigenvalue weighted by Crippen LogP contribution is 2.64. The first kappa shape index (κ1) is 20.3. The van der Waals surface area contributed by atoms with Crippen LogP contribution in [0.5, 0.6) is 17.2 Å². The van der Waals surface area contributed by atoms with Gasteiger partial charge in [-0.15, -0.1) is 0 Å². The quantitative estimate of drug-likeness (QED) is 0.389. The fourth-order valence-corrected chi connectivity index (χ4v) is 5.42. The number of hydrogen-bond acceptors (Lipinski definition) is 8. The van der Waals surface area contributed by atoms with Gasteiger partial charge in [-0.1, -0.05) is 20.3 Å².